The average molecular weight is 234 g/mol. The molecule has 0 aromatic heterocycles. The zero-order valence-electron chi connectivity index (χ0n) is 11.3. The van der Waals surface area contributed by atoms with Gasteiger partial charge in [-0.25, -0.2) is 0 Å². The molecule has 0 radical (unpaired) electrons. The summed E-state index contributed by atoms with van der Waals surface area (Å²) in [6.45, 7) is 8.60. The Morgan fingerprint density at radius 2 is 1.59 bits per heavy atom. The quantitative estimate of drug-likeness (QED) is 0.788. The van der Waals surface area contributed by atoms with Gasteiger partial charge in [0.05, 0.1) is 0 Å². The van der Waals surface area contributed by atoms with Gasteiger partial charge in [0.2, 0.25) is 0 Å². The molecule has 0 saturated carbocycles. The van der Waals surface area contributed by atoms with Gasteiger partial charge in [-0.2, -0.15) is 0 Å². The molecular formula is C15H22O2. The standard InChI is InChI=1S/C15H22O2/c1-10-9-11(2)13(4)14(12(10)3)7-5-6-8-15(16)17/h9H,5-8H2,1-4H3,(H,16,17). The topological polar surface area (TPSA) is 37.3 Å². The SMILES string of the molecule is Cc1cc(C)c(C)c(CCCCC(=O)O)c1C. The van der Waals surface area contributed by atoms with Crippen LogP contribution < -0.4 is 0 Å². The molecule has 0 aliphatic heterocycles. The van der Waals surface area contributed by atoms with E-state index in [4.69, 9.17) is 5.11 Å². The molecule has 0 aliphatic rings. The maximum absolute atomic E-state index is 10.5. The molecule has 2 nitrogen and oxygen atoms in total. The number of carboxylic acid groups (broad SMARTS) is 1. The molecule has 0 unspecified atom stereocenters. The summed E-state index contributed by atoms with van der Waals surface area (Å²) in [6.07, 6.45) is 2.99. The highest BCUT2D eigenvalue weighted by molar-refractivity contribution is 5.66. The molecule has 0 spiro atoms. The summed E-state index contributed by atoms with van der Waals surface area (Å²) in [5.41, 5.74) is 6.81. The summed E-state index contributed by atoms with van der Waals surface area (Å²) in [6, 6.07) is 2.23. The van der Waals surface area contributed by atoms with E-state index in [1.165, 1.54) is 27.8 Å². The molecular weight excluding hydrogens is 212 g/mol. The van der Waals surface area contributed by atoms with E-state index in [0.717, 1.165) is 19.3 Å². The fraction of sp³-hybridized carbons (Fsp3) is 0.533. The number of unbranched alkanes of at least 4 members (excludes halogenated alkanes) is 1. The van der Waals surface area contributed by atoms with Crippen molar-refractivity contribution < 1.29 is 9.90 Å². The zero-order valence-corrected chi connectivity index (χ0v) is 11.3. The Balaban J connectivity index is 2.73. The molecule has 1 aromatic rings. The lowest BCUT2D eigenvalue weighted by molar-refractivity contribution is -0.137. The second kappa shape index (κ2) is 5.85. The number of hydrogen-bond acceptors (Lipinski definition) is 1. The van der Waals surface area contributed by atoms with Crippen molar-refractivity contribution in [1.29, 1.82) is 0 Å². The van der Waals surface area contributed by atoms with E-state index in [1.54, 1.807) is 0 Å². The summed E-state index contributed by atoms with van der Waals surface area (Å²) < 4.78 is 0. The van der Waals surface area contributed by atoms with Crippen molar-refractivity contribution in [3.63, 3.8) is 0 Å². The van der Waals surface area contributed by atoms with Gasteiger partial charge in [-0.3, -0.25) is 4.79 Å². The minimum Gasteiger partial charge on any atom is -0.481 e. The first-order chi connectivity index (χ1) is 7.93. The smallest absolute Gasteiger partial charge is 0.303 e. The maximum Gasteiger partial charge on any atom is 0.303 e. The van der Waals surface area contributed by atoms with E-state index >= 15 is 0 Å². The third kappa shape index (κ3) is 3.58. The van der Waals surface area contributed by atoms with E-state index in [1.807, 2.05) is 0 Å². The van der Waals surface area contributed by atoms with Crippen LogP contribution in [0.4, 0.5) is 0 Å². The summed E-state index contributed by atoms with van der Waals surface area (Å²) in [7, 11) is 0. The predicted molar refractivity (Wildman–Crippen MR) is 70.6 cm³/mol. The summed E-state index contributed by atoms with van der Waals surface area (Å²) in [5.74, 6) is -0.695. The zero-order chi connectivity index (χ0) is 13.0. The lowest BCUT2D eigenvalue weighted by atomic mass is 9.91. The molecule has 1 aromatic carbocycles. The van der Waals surface area contributed by atoms with Crippen LogP contribution in [0, 0.1) is 27.7 Å². The number of rotatable bonds is 5. The Kier molecular flexibility index (Phi) is 4.73. The van der Waals surface area contributed by atoms with Crippen molar-refractivity contribution >= 4 is 5.97 Å². The molecule has 1 N–H and O–H groups in total. The van der Waals surface area contributed by atoms with Gasteiger partial charge in [-0.05, 0) is 74.8 Å². The number of aryl methyl sites for hydroxylation is 2. The van der Waals surface area contributed by atoms with Gasteiger partial charge in [-0.1, -0.05) is 6.07 Å². The van der Waals surface area contributed by atoms with Crippen LogP contribution in [0.1, 0.15) is 47.1 Å². The molecule has 1 rings (SSSR count). The molecule has 0 aliphatic carbocycles. The van der Waals surface area contributed by atoms with E-state index in [-0.39, 0.29) is 6.42 Å². The minimum absolute atomic E-state index is 0.281. The van der Waals surface area contributed by atoms with Gasteiger partial charge < -0.3 is 5.11 Å². The van der Waals surface area contributed by atoms with Crippen LogP contribution in [0.2, 0.25) is 0 Å². The minimum atomic E-state index is -0.695. The maximum atomic E-state index is 10.5. The van der Waals surface area contributed by atoms with Gasteiger partial charge >= 0.3 is 5.97 Å². The van der Waals surface area contributed by atoms with Crippen LogP contribution in [-0.4, -0.2) is 11.1 Å². The first-order valence-electron chi connectivity index (χ1n) is 6.21. The van der Waals surface area contributed by atoms with Crippen molar-refractivity contribution in [2.24, 2.45) is 0 Å². The van der Waals surface area contributed by atoms with Crippen molar-refractivity contribution in [2.75, 3.05) is 0 Å². The molecule has 0 bridgehead atoms. The second-order valence-electron chi connectivity index (χ2n) is 4.84. The first-order valence-corrected chi connectivity index (χ1v) is 6.21. The fourth-order valence-electron chi connectivity index (χ4n) is 2.25. The predicted octanol–water partition coefficient (Wildman–Crippen LogP) is 3.72. The van der Waals surface area contributed by atoms with Gasteiger partial charge in [0.25, 0.3) is 0 Å². The highest BCUT2D eigenvalue weighted by Crippen LogP contribution is 2.23. The summed E-state index contributed by atoms with van der Waals surface area (Å²) in [5, 5.41) is 8.61. The normalized spacial score (nSPS) is 10.6. The lowest BCUT2D eigenvalue weighted by Crippen LogP contribution is -2.01. The summed E-state index contributed by atoms with van der Waals surface area (Å²) in [4.78, 5) is 10.5. The lowest BCUT2D eigenvalue weighted by Gasteiger charge is -2.15. The van der Waals surface area contributed by atoms with Crippen LogP contribution >= 0.6 is 0 Å². The number of benzene rings is 1. The largest absolute Gasteiger partial charge is 0.481 e. The Bertz CT molecular complexity index is 393. The third-order valence-electron chi connectivity index (χ3n) is 3.59. The van der Waals surface area contributed by atoms with Crippen molar-refractivity contribution in [3.05, 3.63) is 33.9 Å². The molecule has 2 heteroatoms. The van der Waals surface area contributed by atoms with Crippen LogP contribution in [0.3, 0.4) is 0 Å². The van der Waals surface area contributed by atoms with Crippen LogP contribution in [0.5, 0.6) is 0 Å². The van der Waals surface area contributed by atoms with Crippen molar-refractivity contribution in [2.45, 2.75) is 53.4 Å². The molecule has 0 amide bonds. The highest BCUT2D eigenvalue weighted by Gasteiger charge is 2.08. The molecule has 0 saturated heterocycles. The van der Waals surface area contributed by atoms with E-state index in [0.29, 0.717) is 0 Å². The number of aliphatic carboxylic acids is 1. The fourth-order valence-corrected chi connectivity index (χ4v) is 2.25. The van der Waals surface area contributed by atoms with Crippen molar-refractivity contribution in [1.82, 2.24) is 0 Å². The Hall–Kier alpha value is -1.31. The number of carbonyl (C=O) groups is 1. The number of hydrogen-bond donors (Lipinski definition) is 1. The Morgan fingerprint density at radius 3 is 2.06 bits per heavy atom. The van der Waals surface area contributed by atoms with Gasteiger partial charge in [0.15, 0.2) is 0 Å². The molecule has 94 valence electrons. The number of carboxylic acids is 1. The van der Waals surface area contributed by atoms with E-state index in [9.17, 15) is 4.79 Å². The van der Waals surface area contributed by atoms with Crippen LogP contribution in [0.25, 0.3) is 0 Å². The Morgan fingerprint density at radius 1 is 1.06 bits per heavy atom. The molecule has 17 heavy (non-hydrogen) atoms. The van der Waals surface area contributed by atoms with E-state index < -0.39 is 5.97 Å². The molecule has 0 atom stereocenters. The Labute approximate surface area is 104 Å². The molecule has 0 heterocycles. The van der Waals surface area contributed by atoms with Crippen LogP contribution in [0.15, 0.2) is 6.07 Å². The van der Waals surface area contributed by atoms with Gasteiger partial charge in [0.1, 0.15) is 0 Å². The van der Waals surface area contributed by atoms with Crippen molar-refractivity contribution in [3.8, 4) is 0 Å². The van der Waals surface area contributed by atoms with Gasteiger partial charge in [-0.15, -0.1) is 0 Å². The second-order valence-corrected chi connectivity index (χ2v) is 4.84. The monoisotopic (exact) mass is 234 g/mol. The summed E-state index contributed by atoms with van der Waals surface area (Å²) >= 11 is 0. The third-order valence-corrected chi connectivity index (χ3v) is 3.59. The highest BCUT2D eigenvalue weighted by atomic mass is 16.4. The molecule has 0 fully saturated rings. The van der Waals surface area contributed by atoms with Gasteiger partial charge in [0, 0.05) is 6.42 Å². The van der Waals surface area contributed by atoms with Crippen LogP contribution in [-0.2, 0) is 11.2 Å². The first kappa shape index (κ1) is 13.8. The van der Waals surface area contributed by atoms with E-state index in [2.05, 4.69) is 33.8 Å². The average Bonchev–Trinajstić information content (AvgIpc) is 2.25.